The van der Waals surface area contributed by atoms with Gasteiger partial charge in [0.1, 0.15) is 17.9 Å². The fourth-order valence-electron chi connectivity index (χ4n) is 4.61. The maximum Gasteiger partial charge on any atom is 0.325 e. The first-order valence-corrected chi connectivity index (χ1v) is 10.1. The minimum atomic E-state index is -0.591. The van der Waals surface area contributed by atoms with Crippen LogP contribution < -0.4 is 10.1 Å². The Labute approximate surface area is 164 Å². The highest BCUT2D eigenvalue weighted by molar-refractivity contribution is 6.07. The average Bonchev–Trinajstić information content (AvgIpc) is 2.97. The molecule has 1 saturated heterocycles. The summed E-state index contributed by atoms with van der Waals surface area (Å²) < 4.78 is 5.94. The second-order valence-corrected chi connectivity index (χ2v) is 8.14. The van der Waals surface area contributed by atoms with Gasteiger partial charge < -0.3 is 10.1 Å². The summed E-state index contributed by atoms with van der Waals surface area (Å²) in [6, 6.07) is 16.0. The molecule has 1 atom stereocenters. The Morgan fingerprint density at radius 1 is 1.07 bits per heavy atom. The number of imide groups is 1. The van der Waals surface area contributed by atoms with Crippen molar-refractivity contribution in [2.75, 3.05) is 0 Å². The number of fused-ring (bicyclic) bond motifs is 1. The number of rotatable bonds is 4. The van der Waals surface area contributed by atoms with E-state index in [0.717, 1.165) is 49.8 Å². The van der Waals surface area contributed by atoms with Crippen LogP contribution in [0.25, 0.3) is 0 Å². The number of carbonyl (C=O) groups excluding carboxylic acids is 2. The Morgan fingerprint density at radius 3 is 2.61 bits per heavy atom. The van der Waals surface area contributed by atoms with E-state index in [9.17, 15) is 9.59 Å². The van der Waals surface area contributed by atoms with Crippen LogP contribution in [0.15, 0.2) is 48.5 Å². The first kappa shape index (κ1) is 17.3. The van der Waals surface area contributed by atoms with Crippen LogP contribution in [0, 0.1) is 0 Å². The summed E-state index contributed by atoms with van der Waals surface area (Å²) in [5.41, 5.74) is 3.02. The van der Waals surface area contributed by atoms with E-state index in [-0.39, 0.29) is 18.0 Å². The average molecular weight is 376 g/mol. The lowest BCUT2D eigenvalue weighted by molar-refractivity contribution is -0.135. The first-order valence-electron chi connectivity index (χ1n) is 10.1. The fraction of sp³-hybridized carbons (Fsp3) is 0.391. The molecular formula is C23H24N2O3. The summed E-state index contributed by atoms with van der Waals surface area (Å²) in [5, 5.41) is 2.95. The van der Waals surface area contributed by atoms with Gasteiger partial charge in [0.2, 0.25) is 0 Å². The SMILES string of the molecule is O=C1NC2(CCC2)C(=O)N1C1CCc2cc(OCc3ccccc3)ccc2C1. The summed E-state index contributed by atoms with van der Waals surface area (Å²) in [7, 11) is 0. The summed E-state index contributed by atoms with van der Waals surface area (Å²) >= 11 is 0. The number of nitrogens with zero attached hydrogens (tertiary/aromatic N) is 1. The second kappa shape index (κ2) is 6.66. The molecule has 2 aliphatic carbocycles. The molecule has 1 saturated carbocycles. The highest BCUT2D eigenvalue weighted by Gasteiger charge is 2.56. The normalized spacial score (nSPS) is 22.6. The molecule has 1 N–H and O–H groups in total. The number of benzene rings is 2. The molecule has 1 unspecified atom stereocenters. The lowest BCUT2D eigenvalue weighted by Crippen LogP contribution is -2.53. The Hall–Kier alpha value is -2.82. The molecule has 2 fully saturated rings. The van der Waals surface area contributed by atoms with Crippen molar-refractivity contribution in [3.05, 3.63) is 65.2 Å². The number of amides is 3. The third-order valence-electron chi connectivity index (χ3n) is 6.39. The topological polar surface area (TPSA) is 58.6 Å². The van der Waals surface area contributed by atoms with E-state index in [0.29, 0.717) is 6.61 Å². The van der Waals surface area contributed by atoms with Gasteiger partial charge in [0, 0.05) is 6.04 Å². The standard InChI is InChI=1S/C23H24N2O3/c26-21-23(11-4-12-23)24-22(27)25(21)19-9-7-18-14-20(10-8-17(18)13-19)28-15-16-5-2-1-3-6-16/h1-3,5-6,8,10,14,19H,4,7,9,11-13,15H2,(H,24,27). The molecule has 2 aromatic rings. The van der Waals surface area contributed by atoms with Crippen molar-refractivity contribution < 1.29 is 14.3 Å². The van der Waals surface area contributed by atoms with Crippen molar-refractivity contribution in [3.8, 4) is 5.75 Å². The minimum Gasteiger partial charge on any atom is -0.489 e. The van der Waals surface area contributed by atoms with Crippen molar-refractivity contribution in [2.24, 2.45) is 0 Å². The van der Waals surface area contributed by atoms with Gasteiger partial charge >= 0.3 is 6.03 Å². The predicted octanol–water partition coefficient (Wildman–Crippen LogP) is 3.60. The van der Waals surface area contributed by atoms with Crippen LogP contribution in [0.3, 0.4) is 0 Å². The molecule has 0 radical (unpaired) electrons. The quantitative estimate of drug-likeness (QED) is 0.830. The molecule has 5 heteroatoms. The molecule has 1 heterocycles. The van der Waals surface area contributed by atoms with Gasteiger partial charge in [0.05, 0.1) is 0 Å². The van der Waals surface area contributed by atoms with Crippen LogP contribution in [-0.2, 0) is 24.2 Å². The van der Waals surface area contributed by atoms with Gasteiger partial charge in [-0.05, 0) is 67.3 Å². The van der Waals surface area contributed by atoms with Crippen LogP contribution >= 0.6 is 0 Å². The van der Waals surface area contributed by atoms with Crippen molar-refractivity contribution in [1.29, 1.82) is 0 Å². The summed E-state index contributed by atoms with van der Waals surface area (Å²) in [6.07, 6.45) is 4.96. The molecule has 1 aliphatic heterocycles. The zero-order valence-electron chi connectivity index (χ0n) is 15.8. The van der Waals surface area contributed by atoms with Gasteiger partial charge in [0.15, 0.2) is 0 Å². The van der Waals surface area contributed by atoms with Crippen LogP contribution in [0.2, 0.25) is 0 Å². The maximum atomic E-state index is 12.8. The van der Waals surface area contributed by atoms with Crippen LogP contribution in [0.1, 0.15) is 42.4 Å². The Morgan fingerprint density at radius 2 is 1.89 bits per heavy atom. The molecule has 3 amide bonds. The second-order valence-electron chi connectivity index (χ2n) is 8.14. The zero-order chi connectivity index (χ0) is 19.1. The number of ether oxygens (including phenoxy) is 1. The molecule has 5 rings (SSSR count). The largest absolute Gasteiger partial charge is 0.489 e. The van der Waals surface area contributed by atoms with Crippen molar-refractivity contribution in [3.63, 3.8) is 0 Å². The van der Waals surface area contributed by atoms with Crippen LogP contribution in [0.5, 0.6) is 5.75 Å². The van der Waals surface area contributed by atoms with Gasteiger partial charge in [-0.2, -0.15) is 0 Å². The van der Waals surface area contributed by atoms with Crippen LogP contribution in [-0.4, -0.2) is 28.4 Å². The number of urea groups is 1. The smallest absolute Gasteiger partial charge is 0.325 e. The van der Waals surface area contributed by atoms with E-state index in [2.05, 4.69) is 29.6 Å². The van der Waals surface area contributed by atoms with E-state index in [1.165, 1.54) is 16.0 Å². The molecule has 1 spiro atoms. The van der Waals surface area contributed by atoms with Gasteiger partial charge in [-0.25, -0.2) is 4.79 Å². The zero-order valence-corrected chi connectivity index (χ0v) is 15.8. The molecule has 144 valence electrons. The Kier molecular flexibility index (Phi) is 4.11. The van der Waals surface area contributed by atoms with Gasteiger partial charge in [-0.3, -0.25) is 9.69 Å². The van der Waals surface area contributed by atoms with Gasteiger partial charge in [-0.15, -0.1) is 0 Å². The van der Waals surface area contributed by atoms with Crippen molar-refractivity contribution in [1.82, 2.24) is 10.2 Å². The van der Waals surface area contributed by atoms with E-state index >= 15 is 0 Å². The Bertz CT molecular complexity index is 921. The summed E-state index contributed by atoms with van der Waals surface area (Å²) in [5.74, 6) is 0.851. The maximum absolute atomic E-state index is 12.8. The molecule has 5 nitrogen and oxygen atoms in total. The van der Waals surface area contributed by atoms with E-state index in [1.807, 2.05) is 24.3 Å². The van der Waals surface area contributed by atoms with Crippen molar-refractivity contribution in [2.45, 2.75) is 56.7 Å². The summed E-state index contributed by atoms with van der Waals surface area (Å²) in [4.78, 5) is 26.8. The highest BCUT2D eigenvalue weighted by atomic mass is 16.5. The third kappa shape index (κ3) is 2.86. The molecule has 0 bridgehead atoms. The lowest BCUT2D eigenvalue weighted by atomic mass is 9.76. The first-order chi connectivity index (χ1) is 13.6. The molecule has 28 heavy (non-hydrogen) atoms. The number of carbonyl (C=O) groups is 2. The molecule has 3 aliphatic rings. The van der Waals surface area contributed by atoms with E-state index < -0.39 is 5.54 Å². The van der Waals surface area contributed by atoms with E-state index in [4.69, 9.17) is 4.74 Å². The Balaban J connectivity index is 1.28. The minimum absolute atomic E-state index is 0.0139. The highest BCUT2D eigenvalue weighted by Crippen LogP contribution is 2.39. The predicted molar refractivity (Wildman–Crippen MR) is 105 cm³/mol. The monoisotopic (exact) mass is 376 g/mol. The molecular weight excluding hydrogens is 352 g/mol. The van der Waals surface area contributed by atoms with Gasteiger partial charge in [-0.1, -0.05) is 36.4 Å². The molecule has 0 aromatic heterocycles. The molecule has 2 aromatic carbocycles. The summed E-state index contributed by atoms with van der Waals surface area (Å²) in [6.45, 7) is 0.548. The number of hydrogen-bond acceptors (Lipinski definition) is 3. The third-order valence-corrected chi connectivity index (χ3v) is 6.39. The van der Waals surface area contributed by atoms with Crippen LogP contribution in [0.4, 0.5) is 4.79 Å². The van der Waals surface area contributed by atoms with Gasteiger partial charge in [0.25, 0.3) is 5.91 Å². The number of nitrogens with one attached hydrogen (secondary N) is 1. The number of aryl methyl sites for hydroxylation is 1. The number of hydrogen-bond donors (Lipinski definition) is 1. The van der Waals surface area contributed by atoms with Crippen molar-refractivity contribution >= 4 is 11.9 Å². The fourth-order valence-corrected chi connectivity index (χ4v) is 4.61. The van der Waals surface area contributed by atoms with E-state index in [1.54, 1.807) is 0 Å². The lowest BCUT2D eigenvalue weighted by Gasteiger charge is -2.36.